The Hall–Kier alpha value is -1.93. The average molecular weight is 306 g/mol. The number of nitrogens with zero attached hydrogens (tertiary/aromatic N) is 3. The molecule has 4 N–H and O–H groups in total. The van der Waals surface area contributed by atoms with E-state index in [9.17, 15) is 4.79 Å². The summed E-state index contributed by atoms with van der Waals surface area (Å²) in [4.78, 5) is 26.4. The zero-order valence-electron chi connectivity index (χ0n) is 12.0. The van der Waals surface area contributed by atoms with E-state index in [1.165, 1.54) is 6.07 Å². The Morgan fingerprint density at radius 1 is 1.38 bits per heavy atom. The lowest BCUT2D eigenvalue weighted by molar-refractivity contribution is 0.550. The first-order valence-corrected chi connectivity index (χ1v) is 7.41. The maximum atomic E-state index is 11.3. The van der Waals surface area contributed by atoms with Crippen LogP contribution in [0.25, 0.3) is 0 Å². The van der Waals surface area contributed by atoms with Gasteiger partial charge >= 0.3 is 0 Å². The number of aromatic nitrogens is 4. The fourth-order valence-corrected chi connectivity index (χ4v) is 2.27. The molecule has 0 radical (unpaired) electrons. The van der Waals surface area contributed by atoms with Crippen molar-refractivity contribution >= 4 is 17.6 Å². The second-order valence-electron chi connectivity index (χ2n) is 4.98. The van der Waals surface area contributed by atoms with Crippen LogP contribution in [0, 0.1) is 5.92 Å². The molecule has 0 aliphatic heterocycles. The van der Waals surface area contributed by atoms with Crippen molar-refractivity contribution < 1.29 is 0 Å². The van der Waals surface area contributed by atoms with E-state index < -0.39 is 0 Å². The number of anilines is 1. The molecule has 0 fully saturated rings. The van der Waals surface area contributed by atoms with Gasteiger partial charge < -0.3 is 16.0 Å². The van der Waals surface area contributed by atoms with Crippen molar-refractivity contribution in [2.24, 2.45) is 5.92 Å². The SMILES string of the molecule is CC(C)CNCc1cnc(Sc2nc(N)cc(=O)[nH]2)nc1. The van der Waals surface area contributed by atoms with Crippen LogP contribution in [-0.4, -0.2) is 26.5 Å². The molecule has 0 saturated heterocycles. The summed E-state index contributed by atoms with van der Waals surface area (Å²) in [5.41, 5.74) is 6.24. The number of H-pyrrole nitrogens is 1. The highest BCUT2D eigenvalue weighted by molar-refractivity contribution is 7.99. The summed E-state index contributed by atoms with van der Waals surface area (Å²) >= 11 is 1.16. The normalized spacial score (nSPS) is 11.0. The topological polar surface area (TPSA) is 110 Å². The van der Waals surface area contributed by atoms with Gasteiger partial charge in [-0.2, -0.15) is 0 Å². The van der Waals surface area contributed by atoms with Gasteiger partial charge in [0, 0.05) is 30.6 Å². The van der Waals surface area contributed by atoms with Gasteiger partial charge in [-0.15, -0.1) is 0 Å². The van der Waals surface area contributed by atoms with E-state index in [4.69, 9.17) is 5.73 Å². The second-order valence-corrected chi connectivity index (χ2v) is 5.93. The maximum Gasteiger partial charge on any atom is 0.253 e. The third kappa shape index (κ3) is 5.16. The van der Waals surface area contributed by atoms with Gasteiger partial charge in [-0.05, 0) is 24.2 Å². The van der Waals surface area contributed by atoms with Gasteiger partial charge in [-0.1, -0.05) is 13.8 Å². The minimum absolute atomic E-state index is 0.177. The van der Waals surface area contributed by atoms with Crippen molar-refractivity contribution in [1.29, 1.82) is 0 Å². The Kier molecular flexibility index (Phi) is 5.29. The van der Waals surface area contributed by atoms with Gasteiger partial charge in [0.1, 0.15) is 5.82 Å². The van der Waals surface area contributed by atoms with Crippen molar-refractivity contribution in [3.63, 3.8) is 0 Å². The number of aromatic amines is 1. The molecule has 2 aromatic rings. The zero-order chi connectivity index (χ0) is 15.2. The largest absolute Gasteiger partial charge is 0.383 e. The summed E-state index contributed by atoms with van der Waals surface area (Å²) in [6.07, 6.45) is 3.51. The van der Waals surface area contributed by atoms with Crippen molar-refractivity contribution in [2.75, 3.05) is 12.3 Å². The van der Waals surface area contributed by atoms with Crippen LogP contribution in [0.1, 0.15) is 19.4 Å². The van der Waals surface area contributed by atoms with Crippen LogP contribution in [0.3, 0.4) is 0 Å². The maximum absolute atomic E-state index is 11.3. The first-order valence-electron chi connectivity index (χ1n) is 6.59. The van der Waals surface area contributed by atoms with Gasteiger partial charge in [0.15, 0.2) is 10.3 Å². The van der Waals surface area contributed by atoms with E-state index in [1.54, 1.807) is 12.4 Å². The Balaban J connectivity index is 1.97. The number of nitrogens with two attached hydrogens (primary N) is 1. The van der Waals surface area contributed by atoms with E-state index in [2.05, 4.69) is 39.1 Å². The molecule has 112 valence electrons. The predicted molar refractivity (Wildman–Crippen MR) is 82.0 cm³/mol. The van der Waals surface area contributed by atoms with Crippen LogP contribution >= 0.6 is 11.8 Å². The molecule has 0 aromatic carbocycles. The fraction of sp³-hybridized carbons (Fsp3) is 0.385. The van der Waals surface area contributed by atoms with Crippen LogP contribution in [0.15, 0.2) is 33.6 Å². The Labute approximate surface area is 126 Å². The molecule has 21 heavy (non-hydrogen) atoms. The molecule has 0 aliphatic carbocycles. The van der Waals surface area contributed by atoms with E-state index in [1.807, 2.05) is 0 Å². The van der Waals surface area contributed by atoms with Gasteiger partial charge in [0.2, 0.25) is 0 Å². The van der Waals surface area contributed by atoms with E-state index in [-0.39, 0.29) is 11.4 Å². The molecule has 0 unspecified atom stereocenters. The van der Waals surface area contributed by atoms with Gasteiger partial charge in [0.25, 0.3) is 5.56 Å². The quantitative estimate of drug-likeness (QED) is 0.684. The number of nitrogens with one attached hydrogen (secondary N) is 2. The van der Waals surface area contributed by atoms with Crippen LogP contribution in [0.4, 0.5) is 5.82 Å². The molecule has 7 nitrogen and oxygen atoms in total. The van der Waals surface area contributed by atoms with Crippen LogP contribution in [0.2, 0.25) is 0 Å². The van der Waals surface area contributed by atoms with Crippen molar-refractivity contribution in [3.8, 4) is 0 Å². The lowest BCUT2D eigenvalue weighted by Gasteiger charge is -2.07. The lowest BCUT2D eigenvalue weighted by atomic mass is 10.2. The zero-order valence-corrected chi connectivity index (χ0v) is 12.8. The molecule has 2 rings (SSSR count). The third-order valence-electron chi connectivity index (χ3n) is 2.49. The number of hydrogen-bond donors (Lipinski definition) is 3. The minimum Gasteiger partial charge on any atom is -0.383 e. The molecule has 0 saturated carbocycles. The molecule has 0 atom stereocenters. The third-order valence-corrected chi connectivity index (χ3v) is 3.27. The molecule has 2 heterocycles. The van der Waals surface area contributed by atoms with E-state index in [0.717, 1.165) is 30.4 Å². The summed E-state index contributed by atoms with van der Waals surface area (Å²) in [6.45, 7) is 5.99. The number of nitrogen functional groups attached to an aromatic ring is 1. The standard InChI is InChI=1S/C13H18N6OS/c1-8(2)4-15-5-9-6-16-12(17-7-9)21-13-18-10(14)3-11(20)19-13/h3,6-8,15H,4-5H2,1-2H3,(H3,14,18,19,20). The first kappa shape index (κ1) is 15.5. The highest BCUT2D eigenvalue weighted by Crippen LogP contribution is 2.19. The van der Waals surface area contributed by atoms with E-state index >= 15 is 0 Å². The molecular formula is C13H18N6OS. The molecule has 2 aromatic heterocycles. The molecule has 0 spiro atoms. The molecule has 0 amide bonds. The molecule has 0 aliphatic rings. The van der Waals surface area contributed by atoms with Crippen molar-refractivity contribution in [1.82, 2.24) is 25.3 Å². The summed E-state index contributed by atoms with van der Waals surface area (Å²) < 4.78 is 0. The lowest BCUT2D eigenvalue weighted by Crippen LogP contribution is -2.19. The monoisotopic (exact) mass is 306 g/mol. The van der Waals surface area contributed by atoms with Crippen LogP contribution in [-0.2, 0) is 6.54 Å². The van der Waals surface area contributed by atoms with E-state index in [0.29, 0.717) is 16.2 Å². The Morgan fingerprint density at radius 3 is 2.71 bits per heavy atom. The van der Waals surface area contributed by atoms with Gasteiger partial charge in [-0.25, -0.2) is 15.0 Å². The van der Waals surface area contributed by atoms with Crippen LogP contribution in [0.5, 0.6) is 0 Å². The fourth-order valence-electron chi connectivity index (χ4n) is 1.58. The molecular weight excluding hydrogens is 288 g/mol. The predicted octanol–water partition coefficient (Wildman–Crippen LogP) is 1.04. The van der Waals surface area contributed by atoms with Gasteiger partial charge in [-0.3, -0.25) is 4.79 Å². The summed E-state index contributed by atoms with van der Waals surface area (Å²) in [5.74, 6) is 0.781. The van der Waals surface area contributed by atoms with Crippen molar-refractivity contribution in [3.05, 3.63) is 34.4 Å². The average Bonchev–Trinajstić information content (AvgIpc) is 2.39. The molecule has 8 heteroatoms. The first-order chi connectivity index (χ1) is 10.0. The van der Waals surface area contributed by atoms with Crippen molar-refractivity contribution in [2.45, 2.75) is 30.7 Å². The summed E-state index contributed by atoms with van der Waals surface area (Å²) in [6, 6.07) is 1.23. The summed E-state index contributed by atoms with van der Waals surface area (Å²) in [7, 11) is 0. The van der Waals surface area contributed by atoms with Crippen LogP contribution < -0.4 is 16.6 Å². The number of hydrogen-bond acceptors (Lipinski definition) is 7. The summed E-state index contributed by atoms with van der Waals surface area (Å²) in [5, 5.41) is 4.21. The highest BCUT2D eigenvalue weighted by Gasteiger charge is 2.05. The smallest absolute Gasteiger partial charge is 0.253 e. The highest BCUT2D eigenvalue weighted by atomic mass is 32.2. The van der Waals surface area contributed by atoms with Gasteiger partial charge in [0.05, 0.1) is 0 Å². The minimum atomic E-state index is -0.292. The molecule has 0 bridgehead atoms. The Morgan fingerprint density at radius 2 is 2.10 bits per heavy atom. The second kappa shape index (κ2) is 7.19. The Bertz CT molecular complexity index is 640. The number of rotatable bonds is 6.